The van der Waals surface area contributed by atoms with Gasteiger partial charge in [0, 0.05) is 42.4 Å². The molecule has 9 nitrogen and oxygen atoms in total. The standard InChI is InChI=1S/C22H16F6N2O7/c23-18-17(13-5-10(1-2-15(13)30(32)33)19(31)37-22(26,27)28)12-3-4-29-8-14(12)21(18)34-9-16(36-21)35-11-6-20(24,25)7-11/h1-5,8,11,16-18H,6-7,9H2/t16?,17-,18+,21?/m0/s1. The van der Waals surface area contributed by atoms with E-state index in [-0.39, 0.29) is 17.7 Å². The smallest absolute Gasteiger partial charge is 0.369 e. The van der Waals surface area contributed by atoms with Gasteiger partial charge in [0.05, 0.1) is 22.5 Å². The monoisotopic (exact) mass is 534 g/mol. The minimum absolute atomic E-state index is 0.0232. The Morgan fingerprint density at radius 3 is 2.57 bits per heavy atom. The lowest BCUT2D eigenvalue weighted by molar-refractivity contribution is -0.385. The molecule has 0 radical (unpaired) electrons. The molecule has 2 aromatic rings. The van der Waals surface area contributed by atoms with Crippen molar-refractivity contribution >= 4 is 11.7 Å². The highest BCUT2D eigenvalue weighted by Crippen LogP contribution is 2.56. The number of benzene rings is 1. The van der Waals surface area contributed by atoms with Crippen LogP contribution in [0.3, 0.4) is 0 Å². The molecule has 1 aromatic carbocycles. The first-order valence-electron chi connectivity index (χ1n) is 10.8. The number of carbonyl (C=O) groups is 1. The van der Waals surface area contributed by atoms with Crippen LogP contribution in [0, 0.1) is 10.1 Å². The van der Waals surface area contributed by atoms with E-state index in [9.17, 15) is 36.9 Å². The SMILES string of the molecule is O=C(OC(F)(F)F)c1ccc([N+](=O)[O-])c([C@@H]2c3ccncc3C3(OCC(OC4CC(F)(F)C4)O3)[C@@H]2F)c1. The van der Waals surface area contributed by atoms with Crippen molar-refractivity contribution in [3.05, 3.63) is 69.0 Å². The molecule has 198 valence electrons. The number of esters is 1. The molecule has 5 rings (SSSR count). The molecule has 3 aliphatic rings. The Hall–Kier alpha value is -3.30. The van der Waals surface area contributed by atoms with Crippen LogP contribution in [0.15, 0.2) is 36.7 Å². The van der Waals surface area contributed by atoms with E-state index in [0.29, 0.717) is 0 Å². The second kappa shape index (κ2) is 8.63. The van der Waals surface area contributed by atoms with Gasteiger partial charge in [-0.05, 0) is 23.8 Å². The maximum absolute atomic E-state index is 16.2. The fourth-order valence-corrected chi connectivity index (χ4v) is 4.80. The van der Waals surface area contributed by atoms with E-state index in [1.54, 1.807) is 0 Å². The Kier molecular flexibility index (Phi) is 5.91. The molecule has 2 aliphatic carbocycles. The molecule has 1 saturated heterocycles. The number of halogens is 6. The minimum atomic E-state index is -5.32. The van der Waals surface area contributed by atoms with Crippen molar-refractivity contribution < 1.29 is 55.0 Å². The number of nitrogens with zero attached hydrogens (tertiary/aromatic N) is 2. The number of hydrogen-bond donors (Lipinski definition) is 0. The lowest BCUT2D eigenvalue weighted by Crippen LogP contribution is -2.44. The van der Waals surface area contributed by atoms with Crippen molar-refractivity contribution in [2.45, 2.75) is 55.4 Å². The van der Waals surface area contributed by atoms with Crippen LogP contribution in [0.2, 0.25) is 0 Å². The van der Waals surface area contributed by atoms with Gasteiger partial charge in [-0.1, -0.05) is 0 Å². The van der Waals surface area contributed by atoms with Gasteiger partial charge in [0.2, 0.25) is 5.79 Å². The van der Waals surface area contributed by atoms with Gasteiger partial charge in [-0.2, -0.15) is 0 Å². The van der Waals surface area contributed by atoms with Crippen molar-refractivity contribution in [2.24, 2.45) is 0 Å². The molecule has 37 heavy (non-hydrogen) atoms. The highest BCUT2D eigenvalue weighted by molar-refractivity contribution is 5.90. The molecular weight excluding hydrogens is 518 g/mol. The first-order chi connectivity index (χ1) is 17.3. The quantitative estimate of drug-likeness (QED) is 0.239. The summed E-state index contributed by atoms with van der Waals surface area (Å²) in [5, 5.41) is 11.7. The number of nitro groups is 1. The van der Waals surface area contributed by atoms with Crippen LogP contribution in [0.5, 0.6) is 0 Å². The lowest BCUT2D eigenvalue weighted by atomic mass is 9.89. The van der Waals surface area contributed by atoms with Crippen LogP contribution in [0.25, 0.3) is 0 Å². The van der Waals surface area contributed by atoms with Crippen LogP contribution >= 0.6 is 0 Å². The molecule has 0 bridgehead atoms. The van der Waals surface area contributed by atoms with E-state index in [2.05, 4.69) is 9.72 Å². The third kappa shape index (κ3) is 4.51. The van der Waals surface area contributed by atoms with E-state index >= 15 is 4.39 Å². The van der Waals surface area contributed by atoms with Crippen LogP contribution in [-0.4, -0.2) is 53.3 Å². The lowest BCUT2D eigenvalue weighted by Gasteiger charge is -2.36. The first kappa shape index (κ1) is 25.4. The zero-order chi connectivity index (χ0) is 26.8. The average Bonchev–Trinajstić information content (AvgIpc) is 3.31. The van der Waals surface area contributed by atoms with Gasteiger partial charge >= 0.3 is 12.3 Å². The van der Waals surface area contributed by atoms with Gasteiger partial charge in [0.1, 0.15) is 6.61 Å². The summed E-state index contributed by atoms with van der Waals surface area (Å²) in [6.07, 6.45) is -8.29. The van der Waals surface area contributed by atoms with Crippen LogP contribution in [0.4, 0.5) is 32.0 Å². The molecule has 2 heterocycles. The van der Waals surface area contributed by atoms with E-state index in [1.807, 2.05) is 0 Å². The van der Waals surface area contributed by atoms with E-state index in [1.165, 1.54) is 18.5 Å². The Labute approximate surface area is 203 Å². The second-order valence-electron chi connectivity index (χ2n) is 8.76. The molecule has 2 unspecified atom stereocenters. The van der Waals surface area contributed by atoms with Crippen LogP contribution in [-0.2, 0) is 24.7 Å². The number of fused-ring (bicyclic) bond motifs is 2. The zero-order valence-electron chi connectivity index (χ0n) is 18.4. The fraction of sp³-hybridized carbons (Fsp3) is 0.455. The summed E-state index contributed by atoms with van der Waals surface area (Å²) in [5.41, 5.74) is -1.70. The number of carbonyl (C=O) groups excluding carboxylic acids is 1. The summed E-state index contributed by atoms with van der Waals surface area (Å²) < 4.78 is 100. The van der Waals surface area contributed by atoms with Crippen molar-refractivity contribution in [1.29, 1.82) is 0 Å². The third-order valence-electron chi connectivity index (χ3n) is 6.36. The topological polar surface area (TPSA) is 110 Å². The molecule has 1 aromatic heterocycles. The summed E-state index contributed by atoms with van der Waals surface area (Å²) >= 11 is 0. The minimum Gasteiger partial charge on any atom is -0.369 e. The Morgan fingerprint density at radius 1 is 1.19 bits per heavy atom. The molecule has 1 saturated carbocycles. The second-order valence-corrected chi connectivity index (χ2v) is 8.76. The highest BCUT2D eigenvalue weighted by Gasteiger charge is 2.62. The van der Waals surface area contributed by atoms with E-state index < -0.39 is 83.1 Å². The third-order valence-corrected chi connectivity index (χ3v) is 6.36. The van der Waals surface area contributed by atoms with Crippen molar-refractivity contribution in [3.63, 3.8) is 0 Å². The van der Waals surface area contributed by atoms with Crippen LogP contribution in [0.1, 0.15) is 45.8 Å². The summed E-state index contributed by atoms with van der Waals surface area (Å²) in [5.74, 6) is -8.46. The largest absolute Gasteiger partial charge is 0.575 e. The number of rotatable bonds is 5. The number of pyridine rings is 1. The molecule has 15 heteroatoms. The van der Waals surface area contributed by atoms with Crippen LogP contribution < -0.4 is 0 Å². The Balaban J connectivity index is 1.50. The molecule has 4 atom stereocenters. The van der Waals surface area contributed by atoms with Crippen molar-refractivity contribution in [2.75, 3.05) is 6.61 Å². The molecule has 2 fully saturated rings. The summed E-state index contributed by atoms with van der Waals surface area (Å²) in [6, 6.07) is 3.58. The normalized spacial score (nSPS) is 28.6. The predicted octanol–water partition coefficient (Wildman–Crippen LogP) is 4.49. The average molecular weight is 534 g/mol. The first-order valence-corrected chi connectivity index (χ1v) is 10.8. The fourth-order valence-electron chi connectivity index (χ4n) is 4.80. The van der Waals surface area contributed by atoms with Gasteiger partial charge in [0.15, 0.2) is 12.5 Å². The summed E-state index contributed by atoms with van der Waals surface area (Å²) in [6.45, 7) is -0.358. The maximum Gasteiger partial charge on any atom is 0.575 e. The number of hydrogen-bond acceptors (Lipinski definition) is 8. The predicted molar refractivity (Wildman–Crippen MR) is 107 cm³/mol. The Bertz CT molecular complexity index is 1250. The highest BCUT2D eigenvalue weighted by atomic mass is 19.4. The maximum atomic E-state index is 16.2. The number of aromatic nitrogens is 1. The Morgan fingerprint density at radius 2 is 1.92 bits per heavy atom. The molecule has 1 spiro atoms. The number of nitro benzene ring substituents is 1. The zero-order valence-corrected chi connectivity index (χ0v) is 18.4. The van der Waals surface area contributed by atoms with Gasteiger partial charge in [0.25, 0.3) is 11.6 Å². The number of alkyl halides is 6. The van der Waals surface area contributed by atoms with Gasteiger partial charge in [-0.15, -0.1) is 13.2 Å². The van der Waals surface area contributed by atoms with Gasteiger partial charge in [-0.25, -0.2) is 18.0 Å². The summed E-state index contributed by atoms with van der Waals surface area (Å²) in [7, 11) is 0. The molecule has 1 aliphatic heterocycles. The molecule has 0 amide bonds. The number of ether oxygens (including phenoxy) is 4. The summed E-state index contributed by atoms with van der Waals surface area (Å²) in [4.78, 5) is 26.7. The molecular formula is C22H16F6N2O7. The molecule has 0 N–H and O–H groups in total. The van der Waals surface area contributed by atoms with Gasteiger partial charge in [-0.3, -0.25) is 15.1 Å². The van der Waals surface area contributed by atoms with Crippen molar-refractivity contribution in [1.82, 2.24) is 4.98 Å². The van der Waals surface area contributed by atoms with Gasteiger partial charge < -0.3 is 18.9 Å². The van der Waals surface area contributed by atoms with E-state index in [4.69, 9.17) is 14.2 Å². The van der Waals surface area contributed by atoms with E-state index in [0.717, 1.165) is 18.2 Å². The van der Waals surface area contributed by atoms with Crippen molar-refractivity contribution in [3.8, 4) is 0 Å².